The number of hydrogen-bond donors (Lipinski definition) is 1. The normalized spacial score (nSPS) is 14.6. The summed E-state index contributed by atoms with van der Waals surface area (Å²) in [6.45, 7) is 5.63. The minimum absolute atomic E-state index is 0.0204. The lowest BCUT2D eigenvalue weighted by Gasteiger charge is -2.34. The summed E-state index contributed by atoms with van der Waals surface area (Å²) in [5.41, 5.74) is 3.06. The van der Waals surface area contributed by atoms with E-state index in [1.807, 2.05) is 78.6 Å². The molecule has 0 unspecified atom stereocenters. The van der Waals surface area contributed by atoms with Crippen LogP contribution in [0.4, 0.5) is 0 Å². The molecule has 1 aliphatic heterocycles. The van der Waals surface area contributed by atoms with Crippen LogP contribution in [0.5, 0.6) is 0 Å². The van der Waals surface area contributed by atoms with Crippen LogP contribution in [0.25, 0.3) is 10.8 Å². The molecule has 30 heavy (non-hydrogen) atoms. The van der Waals surface area contributed by atoms with Gasteiger partial charge in [-0.25, -0.2) is 0 Å². The first-order valence-corrected chi connectivity index (χ1v) is 10.4. The van der Waals surface area contributed by atoms with Gasteiger partial charge in [0.15, 0.2) is 0 Å². The molecule has 5 nitrogen and oxygen atoms in total. The molecule has 1 heterocycles. The van der Waals surface area contributed by atoms with Crippen LogP contribution in [0.15, 0.2) is 66.7 Å². The number of nitrogens with zero attached hydrogens (tertiary/aromatic N) is 2. The van der Waals surface area contributed by atoms with Crippen molar-refractivity contribution >= 4 is 22.6 Å². The van der Waals surface area contributed by atoms with Gasteiger partial charge in [0.1, 0.15) is 0 Å². The number of aryl methyl sites for hydroxylation is 1. The van der Waals surface area contributed by atoms with Crippen LogP contribution in [0.2, 0.25) is 0 Å². The molecular formula is C25H27N3O2. The van der Waals surface area contributed by atoms with Gasteiger partial charge in [0.25, 0.3) is 5.91 Å². The number of carbonyl (C=O) groups excluding carboxylic acids is 2. The van der Waals surface area contributed by atoms with Crippen LogP contribution in [0.3, 0.4) is 0 Å². The largest absolute Gasteiger partial charge is 0.351 e. The van der Waals surface area contributed by atoms with Gasteiger partial charge in [0.05, 0.1) is 6.54 Å². The van der Waals surface area contributed by atoms with Crippen molar-refractivity contribution in [3.8, 4) is 0 Å². The zero-order valence-electron chi connectivity index (χ0n) is 17.3. The summed E-state index contributed by atoms with van der Waals surface area (Å²) in [5.74, 6) is 0.0857. The van der Waals surface area contributed by atoms with Crippen molar-refractivity contribution in [3.63, 3.8) is 0 Å². The van der Waals surface area contributed by atoms with E-state index in [9.17, 15) is 9.59 Å². The summed E-state index contributed by atoms with van der Waals surface area (Å²) in [5, 5.41) is 5.07. The maximum Gasteiger partial charge on any atom is 0.254 e. The number of piperazine rings is 1. The van der Waals surface area contributed by atoms with Crippen LogP contribution in [-0.4, -0.2) is 54.3 Å². The summed E-state index contributed by atoms with van der Waals surface area (Å²) in [7, 11) is 0. The zero-order chi connectivity index (χ0) is 20.9. The molecule has 0 bridgehead atoms. The second kappa shape index (κ2) is 9.09. The topological polar surface area (TPSA) is 52.7 Å². The molecule has 3 aromatic rings. The van der Waals surface area contributed by atoms with Crippen molar-refractivity contribution in [1.29, 1.82) is 0 Å². The predicted molar refractivity (Wildman–Crippen MR) is 119 cm³/mol. The fraction of sp³-hybridized carbons (Fsp3) is 0.280. The number of carbonyl (C=O) groups is 2. The highest BCUT2D eigenvalue weighted by Crippen LogP contribution is 2.20. The molecule has 1 fully saturated rings. The zero-order valence-corrected chi connectivity index (χ0v) is 17.3. The summed E-state index contributed by atoms with van der Waals surface area (Å²) in [6.07, 6.45) is 0. The van der Waals surface area contributed by atoms with Gasteiger partial charge < -0.3 is 10.2 Å². The first-order valence-electron chi connectivity index (χ1n) is 10.4. The molecule has 2 amide bonds. The first-order chi connectivity index (χ1) is 14.6. The number of benzene rings is 3. The molecule has 1 aliphatic rings. The smallest absolute Gasteiger partial charge is 0.254 e. The Morgan fingerprint density at radius 1 is 0.867 bits per heavy atom. The van der Waals surface area contributed by atoms with Crippen molar-refractivity contribution in [3.05, 3.63) is 83.4 Å². The van der Waals surface area contributed by atoms with Gasteiger partial charge in [-0.2, -0.15) is 0 Å². The highest BCUT2D eigenvalue weighted by Gasteiger charge is 2.24. The van der Waals surface area contributed by atoms with E-state index in [2.05, 4.69) is 10.2 Å². The van der Waals surface area contributed by atoms with E-state index in [0.717, 1.165) is 21.9 Å². The van der Waals surface area contributed by atoms with Gasteiger partial charge >= 0.3 is 0 Å². The molecule has 0 aromatic heterocycles. The maximum atomic E-state index is 13.1. The Morgan fingerprint density at radius 2 is 1.57 bits per heavy atom. The summed E-state index contributed by atoms with van der Waals surface area (Å²) < 4.78 is 0. The van der Waals surface area contributed by atoms with E-state index in [1.165, 1.54) is 5.56 Å². The molecule has 0 aliphatic carbocycles. The van der Waals surface area contributed by atoms with Crippen molar-refractivity contribution in [2.45, 2.75) is 13.5 Å². The number of fused-ring (bicyclic) bond motifs is 1. The van der Waals surface area contributed by atoms with Gasteiger partial charge in [0.2, 0.25) is 5.91 Å². The Kier molecular flexibility index (Phi) is 6.10. The van der Waals surface area contributed by atoms with Crippen LogP contribution < -0.4 is 5.32 Å². The molecule has 0 atom stereocenters. The Bertz CT molecular complexity index is 1050. The average molecular weight is 402 g/mol. The summed E-state index contributed by atoms with van der Waals surface area (Å²) in [6, 6.07) is 21.9. The van der Waals surface area contributed by atoms with Gasteiger partial charge in [-0.05, 0) is 34.9 Å². The van der Waals surface area contributed by atoms with Crippen molar-refractivity contribution in [2.75, 3.05) is 32.7 Å². The summed E-state index contributed by atoms with van der Waals surface area (Å²) in [4.78, 5) is 29.4. The van der Waals surface area contributed by atoms with Crippen LogP contribution in [0, 0.1) is 6.92 Å². The fourth-order valence-electron chi connectivity index (χ4n) is 3.95. The van der Waals surface area contributed by atoms with E-state index < -0.39 is 0 Å². The molecule has 3 aromatic carbocycles. The molecule has 5 heteroatoms. The molecule has 1 saturated heterocycles. The SMILES string of the molecule is Cc1ccccc1CNC(=O)CN1CCN(C(=O)c2cccc3ccccc23)CC1. The molecule has 154 valence electrons. The number of rotatable bonds is 5. The van der Waals surface area contributed by atoms with Crippen LogP contribution in [-0.2, 0) is 11.3 Å². The monoisotopic (exact) mass is 401 g/mol. The van der Waals surface area contributed by atoms with E-state index in [1.54, 1.807) is 0 Å². The molecule has 0 spiro atoms. The maximum absolute atomic E-state index is 13.1. The van der Waals surface area contributed by atoms with Crippen molar-refractivity contribution < 1.29 is 9.59 Å². The third kappa shape index (κ3) is 4.52. The quantitative estimate of drug-likeness (QED) is 0.714. The second-order valence-corrected chi connectivity index (χ2v) is 7.80. The van der Waals surface area contributed by atoms with Gasteiger partial charge in [-0.15, -0.1) is 0 Å². The lowest BCUT2D eigenvalue weighted by molar-refractivity contribution is -0.122. The Balaban J connectivity index is 1.30. The van der Waals surface area contributed by atoms with Gasteiger partial charge in [-0.3, -0.25) is 14.5 Å². The highest BCUT2D eigenvalue weighted by molar-refractivity contribution is 6.07. The third-order valence-corrected chi connectivity index (χ3v) is 5.78. The molecule has 4 rings (SSSR count). The van der Waals surface area contributed by atoms with Gasteiger partial charge in [-0.1, -0.05) is 60.7 Å². The van der Waals surface area contributed by atoms with E-state index in [-0.39, 0.29) is 11.8 Å². The van der Waals surface area contributed by atoms with E-state index in [4.69, 9.17) is 0 Å². The first kappa shape index (κ1) is 20.1. The number of hydrogen-bond acceptors (Lipinski definition) is 3. The van der Waals surface area contributed by atoms with Crippen LogP contribution >= 0.6 is 0 Å². The van der Waals surface area contributed by atoms with Crippen molar-refractivity contribution in [2.24, 2.45) is 0 Å². The molecule has 0 radical (unpaired) electrons. The Labute approximate surface area is 177 Å². The number of nitrogens with one attached hydrogen (secondary N) is 1. The predicted octanol–water partition coefficient (Wildman–Crippen LogP) is 3.22. The standard InChI is InChI=1S/C25H27N3O2/c1-19-7-2-3-9-21(19)17-26-24(29)18-27-13-15-28(16-14-27)25(30)23-12-6-10-20-8-4-5-11-22(20)23/h2-12H,13-18H2,1H3,(H,26,29). The molecule has 0 saturated carbocycles. The lowest BCUT2D eigenvalue weighted by atomic mass is 10.0. The van der Waals surface area contributed by atoms with Crippen LogP contribution in [0.1, 0.15) is 21.5 Å². The Hall–Kier alpha value is -3.18. The number of amides is 2. The van der Waals surface area contributed by atoms with Gasteiger partial charge in [0, 0.05) is 38.3 Å². The molecular weight excluding hydrogens is 374 g/mol. The average Bonchev–Trinajstić information content (AvgIpc) is 2.78. The third-order valence-electron chi connectivity index (χ3n) is 5.78. The lowest BCUT2D eigenvalue weighted by Crippen LogP contribution is -2.51. The molecule has 1 N–H and O–H groups in total. The minimum Gasteiger partial charge on any atom is -0.351 e. The minimum atomic E-state index is 0.0204. The van der Waals surface area contributed by atoms with E-state index >= 15 is 0 Å². The highest BCUT2D eigenvalue weighted by atomic mass is 16.2. The Morgan fingerprint density at radius 3 is 2.37 bits per heavy atom. The van der Waals surface area contributed by atoms with Crippen molar-refractivity contribution in [1.82, 2.24) is 15.1 Å². The summed E-state index contributed by atoms with van der Waals surface area (Å²) >= 11 is 0. The fourth-order valence-corrected chi connectivity index (χ4v) is 3.95. The van der Waals surface area contributed by atoms with E-state index in [0.29, 0.717) is 39.3 Å². The second-order valence-electron chi connectivity index (χ2n) is 7.80.